The van der Waals surface area contributed by atoms with Crippen LogP contribution in [-0.2, 0) is 14.3 Å². The summed E-state index contributed by atoms with van der Waals surface area (Å²) in [6.45, 7) is 1.73. The molecule has 0 spiro atoms. The number of ether oxygens (including phenoxy) is 2. The number of hydrogen-bond acceptors (Lipinski definition) is 5. The minimum absolute atomic E-state index is 0.119. The Morgan fingerprint density at radius 2 is 2.31 bits per heavy atom. The van der Waals surface area contributed by atoms with Gasteiger partial charge in [0.05, 0.1) is 25.6 Å². The Hall–Kier alpha value is -0.260. The molecule has 0 aromatic carbocycles. The summed E-state index contributed by atoms with van der Waals surface area (Å²) in [6.07, 6.45) is 3.23. The monoisotopic (exact) mass is 245 g/mol. The predicted molar refractivity (Wildman–Crippen MR) is 63.6 cm³/mol. The van der Waals surface area contributed by atoms with Crippen molar-refractivity contribution in [2.45, 2.75) is 36.6 Å². The molecule has 1 saturated carbocycles. The first kappa shape index (κ1) is 12.2. The molecule has 1 aliphatic carbocycles. The van der Waals surface area contributed by atoms with Gasteiger partial charge in [-0.25, -0.2) is 0 Å². The fourth-order valence-electron chi connectivity index (χ4n) is 1.61. The van der Waals surface area contributed by atoms with Crippen LogP contribution >= 0.6 is 11.8 Å². The summed E-state index contributed by atoms with van der Waals surface area (Å²) in [5.74, 6) is 0.866. The Bertz CT molecular complexity index is 241. The molecule has 0 bridgehead atoms. The molecule has 1 unspecified atom stereocenters. The molecule has 1 atom stereocenters. The zero-order valence-electron chi connectivity index (χ0n) is 9.61. The van der Waals surface area contributed by atoms with E-state index in [0.29, 0.717) is 11.3 Å². The number of carbonyl (C=O) groups is 1. The maximum atomic E-state index is 11.5. The van der Waals surface area contributed by atoms with Gasteiger partial charge in [0.15, 0.2) is 0 Å². The van der Waals surface area contributed by atoms with Gasteiger partial charge in [-0.15, -0.1) is 0 Å². The maximum absolute atomic E-state index is 11.5. The lowest BCUT2D eigenvalue weighted by molar-refractivity contribution is -0.143. The number of rotatable bonds is 7. The summed E-state index contributed by atoms with van der Waals surface area (Å²) in [5.41, 5.74) is 0. The lowest BCUT2D eigenvalue weighted by Crippen LogP contribution is -2.40. The highest BCUT2D eigenvalue weighted by molar-refractivity contribution is 8.00. The van der Waals surface area contributed by atoms with E-state index in [1.807, 2.05) is 11.8 Å². The van der Waals surface area contributed by atoms with Gasteiger partial charge in [0.25, 0.3) is 0 Å². The quantitative estimate of drug-likeness (QED) is 0.672. The van der Waals surface area contributed by atoms with Gasteiger partial charge in [-0.2, -0.15) is 11.8 Å². The summed E-state index contributed by atoms with van der Waals surface area (Å²) < 4.78 is 9.91. The number of carbonyl (C=O) groups excluding carboxylic acids is 1. The van der Waals surface area contributed by atoms with Crippen LogP contribution < -0.4 is 5.32 Å². The molecule has 2 rings (SSSR count). The Morgan fingerprint density at radius 1 is 1.56 bits per heavy atom. The lowest BCUT2D eigenvalue weighted by Gasteiger charge is -2.26. The van der Waals surface area contributed by atoms with Crippen LogP contribution in [0.5, 0.6) is 0 Å². The van der Waals surface area contributed by atoms with Gasteiger partial charge < -0.3 is 14.8 Å². The average Bonchev–Trinajstić information content (AvgIpc) is 3.02. The molecule has 1 aliphatic heterocycles. The first-order valence-electron chi connectivity index (χ1n) is 5.83. The number of thioether (sulfide) groups is 1. The second-order valence-electron chi connectivity index (χ2n) is 4.34. The highest BCUT2D eigenvalue weighted by atomic mass is 32.2. The summed E-state index contributed by atoms with van der Waals surface area (Å²) in [7, 11) is 1.46. The number of methoxy groups -OCH3 is 1. The van der Waals surface area contributed by atoms with Crippen LogP contribution in [0.2, 0.25) is 0 Å². The molecule has 1 heterocycles. The van der Waals surface area contributed by atoms with E-state index in [-0.39, 0.29) is 12.0 Å². The average molecular weight is 245 g/mol. The van der Waals surface area contributed by atoms with Crippen LogP contribution in [0.15, 0.2) is 0 Å². The minimum Gasteiger partial charge on any atom is -0.468 e. The van der Waals surface area contributed by atoms with Crippen molar-refractivity contribution in [3.63, 3.8) is 0 Å². The highest BCUT2D eigenvalue weighted by Gasteiger charge is 2.29. The highest BCUT2D eigenvalue weighted by Crippen LogP contribution is 2.23. The van der Waals surface area contributed by atoms with E-state index in [0.717, 1.165) is 25.4 Å². The van der Waals surface area contributed by atoms with Gasteiger partial charge in [-0.05, 0) is 25.0 Å². The molecule has 92 valence electrons. The molecule has 0 radical (unpaired) electrons. The van der Waals surface area contributed by atoms with E-state index < -0.39 is 0 Å². The van der Waals surface area contributed by atoms with Crippen LogP contribution in [0.3, 0.4) is 0 Å². The smallest absolute Gasteiger partial charge is 0.322 e. The zero-order valence-corrected chi connectivity index (χ0v) is 10.4. The summed E-state index contributed by atoms with van der Waals surface area (Å²) in [5, 5.41) is 3.97. The molecule has 5 heteroatoms. The van der Waals surface area contributed by atoms with Crippen LogP contribution in [0.1, 0.15) is 19.3 Å². The minimum atomic E-state index is -0.127. The van der Waals surface area contributed by atoms with Crippen LogP contribution in [0.4, 0.5) is 0 Å². The topological polar surface area (TPSA) is 47.6 Å². The van der Waals surface area contributed by atoms with Crippen molar-refractivity contribution in [2.24, 2.45) is 0 Å². The molecule has 0 amide bonds. The van der Waals surface area contributed by atoms with Crippen molar-refractivity contribution < 1.29 is 14.3 Å². The fourth-order valence-corrected chi connectivity index (χ4v) is 2.70. The van der Waals surface area contributed by atoms with Crippen molar-refractivity contribution in [1.82, 2.24) is 5.32 Å². The Labute approximate surface area is 100 Å². The Kier molecular flexibility index (Phi) is 4.49. The third-order valence-corrected chi connectivity index (χ3v) is 4.08. The first-order chi connectivity index (χ1) is 7.79. The van der Waals surface area contributed by atoms with E-state index in [1.165, 1.54) is 20.0 Å². The standard InChI is InChI=1S/C11H19NO3S/c1-14-11(13)10(12-8-2-3-8)4-5-16-9-6-15-7-9/h8-10,12H,2-7H2,1H3. The van der Waals surface area contributed by atoms with Gasteiger partial charge in [0.1, 0.15) is 6.04 Å². The zero-order chi connectivity index (χ0) is 11.4. The summed E-state index contributed by atoms with van der Waals surface area (Å²) in [4.78, 5) is 11.5. The molecule has 2 aliphatic rings. The van der Waals surface area contributed by atoms with Gasteiger partial charge in [-0.3, -0.25) is 4.79 Å². The van der Waals surface area contributed by atoms with Crippen molar-refractivity contribution in [3.8, 4) is 0 Å². The number of nitrogens with one attached hydrogen (secondary N) is 1. The second kappa shape index (κ2) is 5.89. The van der Waals surface area contributed by atoms with Gasteiger partial charge >= 0.3 is 5.97 Å². The SMILES string of the molecule is COC(=O)C(CCSC1COC1)NC1CC1. The van der Waals surface area contributed by atoms with E-state index >= 15 is 0 Å². The van der Waals surface area contributed by atoms with Gasteiger partial charge in [0.2, 0.25) is 0 Å². The fraction of sp³-hybridized carbons (Fsp3) is 0.909. The number of esters is 1. The molecule has 1 saturated heterocycles. The molecule has 0 aromatic rings. The molecule has 16 heavy (non-hydrogen) atoms. The van der Waals surface area contributed by atoms with E-state index in [9.17, 15) is 4.79 Å². The Morgan fingerprint density at radius 3 is 2.81 bits per heavy atom. The number of hydrogen-bond donors (Lipinski definition) is 1. The molecule has 2 fully saturated rings. The van der Waals surface area contributed by atoms with Crippen molar-refractivity contribution in [2.75, 3.05) is 26.1 Å². The largest absolute Gasteiger partial charge is 0.468 e. The second-order valence-corrected chi connectivity index (χ2v) is 5.74. The van der Waals surface area contributed by atoms with Gasteiger partial charge in [0, 0.05) is 6.04 Å². The normalized spacial score (nSPS) is 22.6. The molecule has 0 aromatic heterocycles. The third-order valence-electron chi connectivity index (χ3n) is 2.87. The van der Waals surface area contributed by atoms with Crippen LogP contribution in [0, 0.1) is 0 Å². The summed E-state index contributed by atoms with van der Waals surface area (Å²) >= 11 is 1.89. The van der Waals surface area contributed by atoms with E-state index in [4.69, 9.17) is 9.47 Å². The lowest BCUT2D eigenvalue weighted by atomic mass is 10.2. The van der Waals surface area contributed by atoms with Crippen LogP contribution in [-0.4, -0.2) is 49.4 Å². The third kappa shape index (κ3) is 3.64. The van der Waals surface area contributed by atoms with E-state index in [2.05, 4.69) is 5.32 Å². The first-order valence-corrected chi connectivity index (χ1v) is 6.87. The van der Waals surface area contributed by atoms with Gasteiger partial charge in [-0.1, -0.05) is 0 Å². The molecular formula is C11H19NO3S. The predicted octanol–water partition coefficient (Wildman–Crippen LogP) is 0.802. The maximum Gasteiger partial charge on any atom is 0.322 e. The van der Waals surface area contributed by atoms with Crippen molar-refractivity contribution in [3.05, 3.63) is 0 Å². The molecule has 4 nitrogen and oxygen atoms in total. The molecular weight excluding hydrogens is 226 g/mol. The van der Waals surface area contributed by atoms with Crippen molar-refractivity contribution in [1.29, 1.82) is 0 Å². The van der Waals surface area contributed by atoms with E-state index in [1.54, 1.807) is 0 Å². The van der Waals surface area contributed by atoms with Crippen molar-refractivity contribution >= 4 is 17.7 Å². The van der Waals surface area contributed by atoms with Crippen LogP contribution in [0.25, 0.3) is 0 Å². The Balaban J connectivity index is 1.65. The molecule has 1 N–H and O–H groups in total. The summed E-state index contributed by atoms with van der Waals surface area (Å²) in [6, 6.07) is 0.423.